The summed E-state index contributed by atoms with van der Waals surface area (Å²) >= 11 is 7.36. The van der Waals surface area contributed by atoms with E-state index in [1.54, 1.807) is 0 Å². The van der Waals surface area contributed by atoms with Gasteiger partial charge in [-0.1, -0.05) is 11.6 Å². The van der Waals surface area contributed by atoms with Crippen molar-refractivity contribution in [2.24, 2.45) is 11.8 Å². The molecule has 1 heterocycles. The van der Waals surface area contributed by atoms with Crippen LogP contribution in [0.3, 0.4) is 0 Å². The smallest absolute Gasteiger partial charge is 0.232 e. The van der Waals surface area contributed by atoms with Gasteiger partial charge in [0.05, 0.1) is 18.0 Å². The predicted octanol–water partition coefficient (Wildman–Crippen LogP) is 2.02. The number of likely N-dealkylation sites (tertiary alicyclic amines) is 1. The van der Waals surface area contributed by atoms with Crippen LogP contribution in [0, 0.1) is 11.8 Å². The fourth-order valence-electron chi connectivity index (χ4n) is 3.38. The SMILES string of the molecule is O=C(CSc1ccc(Cl)cc1)N1CC2CC(O)C(O)CC2C1. The standard InChI is InChI=1S/C16H20ClNO3S/c17-12-1-3-13(4-2-12)22-9-16(21)18-7-10-5-14(19)15(20)6-11(10)8-18/h1-4,10-11,14-15,19-20H,5-9H2. The summed E-state index contributed by atoms with van der Waals surface area (Å²) in [6, 6.07) is 7.47. The van der Waals surface area contributed by atoms with Crippen molar-refractivity contribution in [2.75, 3.05) is 18.8 Å². The minimum Gasteiger partial charge on any atom is -0.390 e. The number of aliphatic hydroxyl groups excluding tert-OH is 2. The van der Waals surface area contributed by atoms with E-state index in [2.05, 4.69) is 0 Å². The maximum absolute atomic E-state index is 12.3. The van der Waals surface area contributed by atoms with Crippen molar-refractivity contribution < 1.29 is 15.0 Å². The summed E-state index contributed by atoms with van der Waals surface area (Å²) in [5, 5.41) is 20.2. The van der Waals surface area contributed by atoms with E-state index < -0.39 is 12.2 Å². The van der Waals surface area contributed by atoms with Gasteiger partial charge >= 0.3 is 0 Å². The molecule has 6 heteroatoms. The molecular weight excluding hydrogens is 322 g/mol. The third kappa shape index (κ3) is 3.59. The summed E-state index contributed by atoms with van der Waals surface area (Å²) in [7, 11) is 0. The molecule has 1 saturated heterocycles. The van der Waals surface area contributed by atoms with Gasteiger partial charge in [-0.3, -0.25) is 4.79 Å². The summed E-state index contributed by atoms with van der Waals surface area (Å²) in [4.78, 5) is 15.3. The average Bonchev–Trinajstić information content (AvgIpc) is 2.90. The Hall–Kier alpha value is -0.750. The molecule has 0 radical (unpaired) electrons. The molecular formula is C16H20ClNO3S. The van der Waals surface area contributed by atoms with Crippen molar-refractivity contribution in [3.8, 4) is 0 Å². The third-order valence-electron chi connectivity index (χ3n) is 4.64. The maximum Gasteiger partial charge on any atom is 0.232 e. The van der Waals surface area contributed by atoms with Crippen LogP contribution < -0.4 is 0 Å². The van der Waals surface area contributed by atoms with Crippen LogP contribution in [0.2, 0.25) is 5.02 Å². The molecule has 2 aliphatic rings. The molecule has 4 nitrogen and oxygen atoms in total. The number of nitrogens with zero attached hydrogens (tertiary/aromatic N) is 1. The van der Waals surface area contributed by atoms with Gasteiger partial charge in [0.15, 0.2) is 0 Å². The fraction of sp³-hybridized carbons (Fsp3) is 0.562. The molecule has 120 valence electrons. The van der Waals surface area contributed by atoms with E-state index in [0.717, 1.165) is 4.90 Å². The molecule has 2 fully saturated rings. The van der Waals surface area contributed by atoms with Crippen molar-refractivity contribution in [1.29, 1.82) is 0 Å². The molecule has 3 rings (SSSR count). The van der Waals surface area contributed by atoms with E-state index in [1.807, 2.05) is 29.2 Å². The van der Waals surface area contributed by atoms with E-state index in [0.29, 0.717) is 48.5 Å². The number of aliphatic hydroxyl groups is 2. The fourth-order valence-corrected chi connectivity index (χ4v) is 4.31. The van der Waals surface area contributed by atoms with Gasteiger partial charge in [0.1, 0.15) is 0 Å². The number of rotatable bonds is 3. The quantitative estimate of drug-likeness (QED) is 0.826. The molecule has 1 aliphatic carbocycles. The highest BCUT2D eigenvalue weighted by atomic mass is 35.5. The number of thioether (sulfide) groups is 1. The summed E-state index contributed by atoms with van der Waals surface area (Å²) in [5.74, 6) is 1.18. The zero-order valence-corrected chi connectivity index (χ0v) is 13.8. The average molecular weight is 342 g/mol. The van der Waals surface area contributed by atoms with Crippen LogP contribution in [0.25, 0.3) is 0 Å². The zero-order chi connectivity index (χ0) is 15.7. The second-order valence-corrected chi connectivity index (χ2v) is 7.65. The third-order valence-corrected chi connectivity index (χ3v) is 5.89. The van der Waals surface area contributed by atoms with Gasteiger partial charge in [0.25, 0.3) is 0 Å². The lowest BCUT2D eigenvalue weighted by Gasteiger charge is -2.31. The second-order valence-electron chi connectivity index (χ2n) is 6.17. The predicted molar refractivity (Wildman–Crippen MR) is 87.0 cm³/mol. The lowest BCUT2D eigenvalue weighted by molar-refractivity contribution is -0.127. The first-order valence-electron chi connectivity index (χ1n) is 7.55. The number of fused-ring (bicyclic) bond motifs is 1. The summed E-state index contributed by atoms with van der Waals surface area (Å²) < 4.78 is 0. The Morgan fingerprint density at radius 2 is 1.68 bits per heavy atom. The summed E-state index contributed by atoms with van der Waals surface area (Å²) in [5.41, 5.74) is 0. The molecule has 0 bridgehead atoms. The largest absolute Gasteiger partial charge is 0.390 e. The molecule has 1 aliphatic heterocycles. The second kappa shape index (κ2) is 6.79. The topological polar surface area (TPSA) is 60.8 Å². The number of amides is 1. The monoisotopic (exact) mass is 341 g/mol. The van der Waals surface area contributed by atoms with E-state index in [9.17, 15) is 15.0 Å². The van der Waals surface area contributed by atoms with E-state index in [1.165, 1.54) is 11.8 Å². The van der Waals surface area contributed by atoms with Crippen LogP contribution >= 0.6 is 23.4 Å². The van der Waals surface area contributed by atoms with Gasteiger partial charge in [-0.25, -0.2) is 0 Å². The molecule has 22 heavy (non-hydrogen) atoms. The van der Waals surface area contributed by atoms with Gasteiger partial charge < -0.3 is 15.1 Å². The minimum atomic E-state index is -0.639. The van der Waals surface area contributed by atoms with Crippen LogP contribution in [-0.2, 0) is 4.79 Å². The Labute approximate surface area is 139 Å². The lowest BCUT2D eigenvalue weighted by Crippen LogP contribution is -2.38. The molecule has 4 unspecified atom stereocenters. The van der Waals surface area contributed by atoms with Crippen molar-refractivity contribution in [1.82, 2.24) is 4.90 Å². The lowest BCUT2D eigenvalue weighted by atomic mass is 9.79. The maximum atomic E-state index is 12.3. The number of hydrogen-bond acceptors (Lipinski definition) is 4. The van der Waals surface area contributed by atoms with Crippen LogP contribution in [-0.4, -0.2) is 52.1 Å². The van der Waals surface area contributed by atoms with Crippen LogP contribution in [0.1, 0.15) is 12.8 Å². The Kier molecular flexibility index (Phi) is 4.97. The number of benzene rings is 1. The van der Waals surface area contributed by atoms with Crippen molar-refractivity contribution in [2.45, 2.75) is 29.9 Å². The van der Waals surface area contributed by atoms with E-state index in [4.69, 9.17) is 11.6 Å². The van der Waals surface area contributed by atoms with Gasteiger partial charge in [0.2, 0.25) is 5.91 Å². The highest BCUT2D eigenvalue weighted by Crippen LogP contribution is 2.36. The van der Waals surface area contributed by atoms with Crippen molar-refractivity contribution in [3.05, 3.63) is 29.3 Å². The minimum absolute atomic E-state index is 0.123. The van der Waals surface area contributed by atoms with E-state index in [-0.39, 0.29) is 5.91 Å². The molecule has 1 aromatic carbocycles. The summed E-state index contributed by atoms with van der Waals surface area (Å²) in [6.45, 7) is 1.41. The molecule has 0 spiro atoms. The Morgan fingerprint density at radius 1 is 1.14 bits per heavy atom. The highest BCUT2D eigenvalue weighted by molar-refractivity contribution is 8.00. The van der Waals surface area contributed by atoms with Crippen molar-refractivity contribution >= 4 is 29.3 Å². The van der Waals surface area contributed by atoms with Crippen molar-refractivity contribution in [3.63, 3.8) is 0 Å². The molecule has 1 aromatic rings. The Morgan fingerprint density at radius 3 is 2.23 bits per heavy atom. The summed E-state index contributed by atoms with van der Waals surface area (Å²) in [6.07, 6.45) is -0.0839. The van der Waals surface area contributed by atoms with Gasteiger partial charge in [0, 0.05) is 23.0 Å². The molecule has 2 N–H and O–H groups in total. The number of hydrogen-bond donors (Lipinski definition) is 2. The van der Waals surface area contributed by atoms with Crippen LogP contribution in [0.4, 0.5) is 0 Å². The van der Waals surface area contributed by atoms with E-state index >= 15 is 0 Å². The number of carbonyl (C=O) groups excluding carboxylic acids is 1. The Bertz CT molecular complexity index is 521. The van der Waals surface area contributed by atoms with Gasteiger partial charge in [-0.05, 0) is 48.9 Å². The van der Waals surface area contributed by atoms with Gasteiger partial charge in [-0.2, -0.15) is 0 Å². The number of carbonyl (C=O) groups is 1. The number of halogens is 1. The van der Waals surface area contributed by atoms with Crippen LogP contribution in [0.15, 0.2) is 29.2 Å². The molecule has 1 saturated carbocycles. The first-order chi connectivity index (χ1) is 10.5. The molecule has 4 atom stereocenters. The normalized spacial score (nSPS) is 31.1. The Balaban J connectivity index is 1.52. The molecule has 0 aromatic heterocycles. The highest BCUT2D eigenvalue weighted by Gasteiger charge is 2.42. The molecule has 1 amide bonds. The first-order valence-corrected chi connectivity index (χ1v) is 8.91. The first kappa shape index (κ1) is 16.1. The zero-order valence-electron chi connectivity index (χ0n) is 12.2. The van der Waals surface area contributed by atoms with Gasteiger partial charge in [-0.15, -0.1) is 11.8 Å². The van der Waals surface area contributed by atoms with Crippen LogP contribution in [0.5, 0.6) is 0 Å².